The molecule has 1 aromatic rings. The number of nitrogens with zero attached hydrogens (tertiary/aromatic N) is 1. The molecule has 1 amide bonds. The molecule has 1 heterocycles. The zero-order chi connectivity index (χ0) is 18.4. The predicted octanol–water partition coefficient (Wildman–Crippen LogP) is 2.70. The number of carbonyl (C=O) groups is 1. The zero-order valence-electron chi connectivity index (χ0n) is 15.5. The SMILES string of the molecule is Cc1cccc(CS(=O)(=O)N2CCC(C(=O)NCCC(C)C)CC2)c1. The Labute approximate surface area is 151 Å². The Balaban J connectivity index is 1.85. The van der Waals surface area contributed by atoms with Gasteiger partial charge in [0.1, 0.15) is 0 Å². The van der Waals surface area contributed by atoms with Crippen LogP contribution < -0.4 is 5.32 Å². The van der Waals surface area contributed by atoms with Crippen LogP contribution in [0.15, 0.2) is 24.3 Å². The summed E-state index contributed by atoms with van der Waals surface area (Å²) in [7, 11) is -3.33. The standard InChI is InChI=1S/C19H30N2O3S/c1-15(2)7-10-20-19(22)18-8-11-21(12-9-18)25(23,24)14-17-6-4-5-16(3)13-17/h4-6,13,15,18H,7-12,14H2,1-3H3,(H,20,22). The summed E-state index contributed by atoms with van der Waals surface area (Å²) in [5.41, 5.74) is 1.87. The van der Waals surface area contributed by atoms with Crippen LogP contribution in [0.3, 0.4) is 0 Å². The molecule has 5 nitrogen and oxygen atoms in total. The molecule has 1 aliphatic heterocycles. The Hall–Kier alpha value is -1.40. The summed E-state index contributed by atoms with van der Waals surface area (Å²) in [6.07, 6.45) is 2.16. The van der Waals surface area contributed by atoms with Crippen LogP contribution in [-0.4, -0.2) is 38.3 Å². The number of piperidine rings is 1. The molecule has 1 aromatic carbocycles. The van der Waals surface area contributed by atoms with Gasteiger partial charge in [-0.25, -0.2) is 12.7 Å². The van der Waals surface area contributed by atoms with Crippen molar-refractivity contribution in [3.05, 3.63) is 35.4 Å². The van der Waals surface area contributed by atoms with Crippen molar-refractivity contribution >= 4 is 15.9 Å². The molecule has 0 unspecified atom stereocenters. The van der Waals surface area contributed by atoms with Crippen LogP contribution in [0.25, 0.3) is 0 Å². The maximum absolute atomic E-state index is 12.6. The van der Waals surface area contributed by atoms with Gasteiger partial charge >= 0.3 is 0 Å². The van der Waals surface area contributed by atoms with Crippen LogP contribution in [0, 0.1) is 18.8 Å². The minimum Gasteiger partial charge on any atom is -0.356 e. The third kappa shape index (κ3) is 6.12. The van der Waals surface area contributed by atoms with Crippen molar-refractivity contribution in [2.24, 2.45) is 11.8 Å². The summed E-state index contributed by atoms with van der Waals surface area (Å²) in [5, 5.41) is 2.98. The second kappa shape index (κ2) is 8.81. The minimum absolute atomic E-state index is 0.0277. The number of aryl methyl sites for hydroxylation is 1. The predicted molar refractivity (Wildman–Crippen MR) is 101 cm³/mol. The monoisotopic (exact) mass is 366 g/mol. The molecular weight excluding hydrogens is 336 g/mol. The Morgan fingerprint density at radius 2 is 1.96 bits per heavy atom. The van der Waals surface area contributed by atoms with Crippen LogP contribution >= 0.6 is 0 Å². The lowest BCUT2D eigenvalue weighted by molar-refractivity contribution is -0.126. The van der Waals surface area contributed by atoms with Gasteiger partial charge in [0.2, 0.25) is 15.9 Å². The van der Waals surface area contributed by atoms with E-state index in [1.54, 1.807) is 0 Å². The smallest absolute Gasteiger partial charge is 0.223 e. The molecule has 0 aliphatic carbocycles. The first-order chi connectivity index (χ1) is 11.8. The van der Waals surface area contributed by atoms with Gasteiger partial charge in [0, 0.05) is 25.6 Å². The number of benzene rings is 1. The van der Waals surface area contributed by atoms with E-state index in [1.165, 1.54) is 4.31 Å². The van der Waals surface area contributed by atoms with Gasteiger partial charge in [-0.05, 0) is 37.7 Å². The fraction of sp³-hybridized carbons (Fsp3) is 0.632. The first-order valence-corrected chi connectivity index (χ1v) is 10.7. The Kier molecular flexibility index (Phi) is 7.02. The first-order valence-electron chi connectivity index (χ1n) is 9.09. The zero-order valence-corrected chi connectivity index (χ0v) is 16.3. The van der Waals surface area contributed by atoms with Crippen molar-refractivity contribution in [1.82, 2.24) is 9.62 Å². The molecule has 1 fully saturated rings. The van der Waals surface area contributed by atoms with Gasteiger partial charge in [-0.3, -0.25) is 4.79 Å². The van der Waals surface area contributed by atoms with Crippen LogP contribution in [0.1, 0.15) is 44.2 Å². The number of carbonyl (C=O) groups excluding carboxylic acids is 1. The van der Waals surface area contributed by atoms with Crippen molar-refractivity contribution in [2.45, 2.75) is 45.8 Å². The Morgan fingerprint density at radius 1 is 1.28 bits per heavy atom. The highest BCUT2D eigenvalue weighted by Gasteiger charge is 2.31. The van der Waals surface area contributed by atoms with Crippen molar-refractivity contribution in [1.29, 1.82) is 0 Å². The number of hydrogen-bond acceptors (Lipinski definition) is 3. The molecule has 6 heteroatoms. The minimum atomic E-state index is -3.33. The summed E-state index contributed by atoms with van der Waals surface area (Å²) >= 11 is 0. The lowest BCUT2D eigenvalue weighted by atomic mass is 9.97. The summed E-state index contributed by atoms with van der Waals surface area (Å²) in [5.74, 6) is 0.586. The van der Waals surface area contributed by atoms with Gasteiger partial charge in [0.15, 0.2) is 0 Å². The fourth-order valence-electron chi connectivity index (χ4n) is 3.13. The average molecular weight is 367 g/mol. The van der Waals surface area contributed by atoms with Gasteiger partial charge in [-0.1, -0.05) is 43.7 Å². The molecule has 140 valence electrons. The molecule has 0 bridgehead atoms. The molecule has 0 saturated carbocycles. The molecule has 25 heavy (non-hydrogen) atoms. The quantitative estimate of drug-likeness (QED) is 0.807. The normalized spacial score (nSPS) is 17.0. The van der Waals surface area contributed by atoms with E-state index in [2.05, 4.69) is 19.2 Å². The van der Waals surface area contributed by atoms with Crippen LogP contribution in [0.2, 0.25) is 0 Å². The van der Waals surface area contributed by atoms with E-state index < -0.39 is 10.0 Å². The van der Waals surface area contributed by atoms with Crippen LogP contribution in [-0.2, 0) is 20.6 Å². The summed E-state index contributed by atoms with van der Waals surface area (Å²) in [6, 6.07) is 7.60. The Morgan fingerprint density at radius 3 is 2.56 bits per heavy atom. The summed E-state index contributed by atoms with van der Waals surface area (Å²) in [4.78, 5) is 12.2. The summed E-state index contributed by atoms with van der Waals surface area (Å²) in [6.45, 7) is 7.77. The van der Waals surface area contributed by atoms with E-state index in [0.29, 0.717) is 38.4 Å². The van der Waals surface area contributed by atoms with E-state index in [4.69, 9.17) is 0 Å². The van der Waals surface area contributed by atoms with Crippen molar-refractivity contribution in [2.75, 3.05) is 19.6 Å². The lowest BCUT2D eigenvalue weighted by Crippen LogP contribution is -2.43. The molecule has 2 rings (SSSR count). The molecule has 0 atom stereocenters. The fourth-order valence-corrected chi connectivity index (χ4v) is 4.68. The largest absolute Gasteiger partial charge is 0.356 e. The van der Waals surface area contributed by atoms with E-state index in [-0.39, 0.29) is 17.6 Å². The highest BCUT2D eigenvalue weighted by molar-refractivity contribution is 7.88. The number of hydrogen-bond donors (Lipinski definition) is 1. The molecule has 0 aromatic heterocycles. The average Bonchev–Trinajstić information content (AvgIpc) is 2.54. The highest BCUT2D eigenvalue weighted by atomic mass is 32.2. The van der Waals surface area contributed by atoms with Gasteiger partial charge in [-0.15, -0.1) is 0 Å². The summed E-state index contributed by atoms with van der Waals surface area (Å²) < 4.78 is 26.8. The van der Waals surface area contributed by atoms with E-state index in [0.717, 1.165) is 17.5 Å². The van der Waals surface area contributed by atoms with Crippen molar-refractivity contribution in [3.63, 3.8) is 0 Å². The van der Waals surface area contributed by atoms with E-state index >= 15 is 0 Å². The molecule has 0 spiro atoms. The lowest BCUT2D eigenvalue weighted by Gasteiger charge is -2.30. The number of nitrogens with one attached hydrogen (secondary N) is 1. The van der Waals surface area contributed by atoms with Crippen LogP contribution in [0.4, 0.5) is 0 Å². The van der Waals surface area contributed by atoms with Gasteiger partial charge in [-0.2, -0.15) is 0 Å². The molecule has 1 aliphatic rings. The second-order valence-corrected chi connectivity index (χ2v) is 9.36. The highest BCUT2D eigenvalue weighted by Crippen LogP contribution is 2.22. The number of sulfonamides is 1. The maximum atomic E-state index is 12.6. The van der Waals surface area contributed by atoms with E-state index in [9.17, 15) is 13.2 Å². The van der Waals surface area contributed by atoms with Crippen LogP contribution in [0.5, 0.6) is 0 Å². The third-order valence-corrected chi connectivity index (χ3v) is 6.52. The third-order valence-electron chi connectivity index (χ3n) is 4.67. The molecule has 0 radical (unpaired) electrons. The van der Waals surface area contributed by atoms with Crippen molar-refractivity contribution in [3.8, 4) is 0 Å². The molecule has 1 saturated heterocycles. The van der Waals surface area contributed by atoms with E-state index in [1.807, 2.05) is 31.2 Å². The number of amides is 1. The Bertz CT molecular complexity index is 678. The van der Waals surface area contributed by atoms with Gasteiger partial charge < -0.3 is 5.32 Å². The molecule has 1 N–H and O–H groups in total. The van der Waals surface area contributed by atoms with Gasteiger partial charge in [0.25, 0.3) is 0 Å². The first kappa shape index (κ1) is 19.9. The topological polar surface area (TPSA) is 66.5 Å². The number of rotatable bonds is 7. The molecular formula is C19H30N2O3S. The maximum Gasteiger partial charge on any atom is 0.223 e. The van der Waals surface area contributed by atoms with Gasteiger partial charge in [0.05, 0.1) is 5.75 Å². The van der Waals surface area contributed by atoms with Crippen molar-refractivity contribution < 1.29 is 13.2 Å². The second-order valence-electron chi connectivity index (χ2n) is 7.39.